The first-order valence-corrected chi connectivity index (χ1v) is 6.69. The average molecular weight is 272 g/mol. The molecule has 0 aliphatic carbocycles. The summed E-state index contributed by atoms with van der Waals surface area (Å²) in [6.45, 7) is 3.77. The number of carbonyl (C=O) groups excluding carboxylic acids is 1. The van der Waals surface area contributed by atoms with E-state index in [2.05, 4.69) is 20.3 Å². The largest absolute Gasteiger partial charge is 0.342 e. The van der Waals surface area contributed by atoms with E-state index in [0.29, 0.717) is 5.69 Å². The number of nitrogens with one attached hydrogen (secondary N) is 2. The van der Waals surface area contributed by atoms with Crippen molar-refractivity contribution in [1.82, 2.24) is 15.0 Å². The van der Waals surface area contributed by atoms with Gasteiger partial charge in [-0.2, -0.15) is 0 Å². The third-order valence-electron chi connectivity index (χ3n) is 2.71. The molecule has 0 unspecified atom stereocenters. The molecule has 0 bridgehead atoms. The summed E-state index contributed by atoms with van der Waals surface area (Å²) in [4.78, 5) is 23.6. The number of H-pyrrole nitrogens is 1. The maximum Gasteiger partial charge on any atom is 0.275 e. The van der Waals surface area contributed by atoms with Gasteiger partial charge in [-0.1, -0.05) is 0 Å². The van der Waals surface area contributed by atoms with E-state index in [-0.39, 0.29) is 5.91 Å². The predicted octanol–water partition coefficient (Wildman–Crippen LogP) is 2.89. The summed E-state index contributed by atoms with van der Waals surface area (Å²) in [5.74, 6) is 0.661. The van der Waals surface area contributed by atoms with Crippen LogP contribution in [0.3, 0.4) is 0 Å². The van der Waals surface area contributed by atoms with Crippen LogP contribution in [0.25, 0.3) is 11.0 Å². The quantitative estimate of drug-likeness (QED) is 0.753. The summed E-state index contributed by atoms with van der Waals surface area (Å²) in [7, 11) is 0. The molecule has 0 aliphatic heterocycles. The van der Waals surface area contributed by atoms with Gasteiger partial charge in [0.25, 0.3) is 5.91 Å². The fraction of sp³-hybridized carbons (Fsp3) is 0.154. The smallest absolute Gasteiger partial charge is 0.275 e. The number of rotatable bonds is 2. The molecule has 0 saturated heterocycles. The van der Waals surface area contributed by atoms with Crippen LogP contribution in [0.15, 0.2) is 23.6 Å². The summed E-state index contributed by atoms with van der Waals surface area (Å²) < 4.78 is 0. The number of fused-ring (bicyclic) bond motifs is 1. The molecule has 6 heteroatoms. The van der Waals surface area contributed by atoms with Crippen LogP contribution in [0.5, 0.6) is 0 Å². The number of hydrogen-bond acceptors (Lipinski definition) is 4. The third-order valence-corrected chi connectivity index (χ3v) is 3.48. The number of thiazole rings is 1. The van der Waals surface area contributed by atoms with Gasteiger partial charge in [0, 0.05) is 11.1 Å². The van der Waals surface area contributed by atoms with Gasteiger partial charge in [0.05, 0.1) is 16.0 Å². The predicted molar refractivity (Wildman–Crippen MR) is 75.6 cm³/mol. The van der Waals surface area contributed by atoms with E-state index in [0.717, 1.165) is 27.6 Å². The average Bonchev–Trinajstić information content (AvgIpc) is 2.93. The van der Waals surface area contributed by atoms with Crippen molar-refractivity contribution in [2.24, 2.45) is 0 Å². The molecule has 2 heterocycles. The Kier molecular flexibility index (Phi) is 2.79. The molecule has 0 spiro atoms. The topological polar surface area (TPSA) is 70.7 Å². The van der Waals surface area contributed by atoms with E-state index in [1.165, 1.54) is 11.3 Å². The van der Waals surface area contributed by atoms with Crippen LogP contribution >= 0.6 is 11.3 Å². The van der Waals surface area contributed by atoms with Crippen LogP contribution in [-0.4, -0.2) is 20.9 Å². The van der Waals surface area contributed by atoms with Crippen LogP contribution in [0.4, 0.5) is 5.69 Å². The Morgan fingerprint density at radius 2 is 2.16 bits per heavy atom. The molecule has 3 rings (SSSR count). The number of aryl methyl sites for hydroxylation is 2. The highest BCUT2D eigenvalue weighted by atomic mass is 32.1. The molecule has 96 valence electrons. The zero-order valence-corrected chi connectivity index (χ0v) is 11.3. The Morgan fingerprint density at radius 3 is 2.89 bits per heavy atom. The number of amides is 1. The second-order valence-corrected chi connectivity index (χ2v) is 5.32. The zero-order chi connectivity index (χ0) is 13.4. The molecule has 1 aromatic carbocycles. The third kappa shape index (κ3) is 2.34. The van der Waals surface area contributed by atoms with Crippen molar-refractivity contribution in [3.05, 3.63) is 40.1 Å². The lowest BCUT2D eigenvalue weighted by Gasteiger charge is -2.02. The fourth-order valence-electron chi connectivity index (χ4n) is 1.88. The van der Waals surface area contributed by atoms with Crippen molar-refractivity contribution in [3.8, 4) is 0 Å². The summed E-state index contributed by atoms with van der Waals surface area (Å²) in [6.07, 6.45) is 0. The van der Waals surface area contributed by atoms with Gasteiger partial charge in [-0.15, -0.1) is 11.3 Å². The SMILES string of the molecule is Cc1nc2ccc(NC(=O)c3csc(C)n3)cc2[nH]1. The molecular weight excluding hydrogens is 260 g/mol. The molecule has 0 aliphatic rings. The molecule has 19 heavy (non-hydrogen) atoms. The number of imidazole rings is 1. The van der Waals surface area contributed by atoms with E-state index < -0.39 is 0 Å². The second kappa shape index (κ2) is 4.47. The highest BCUT2D eigenvalue weighted by Gasteiger charge is 2.10. The minimum atomic E-state index is -0.195. The van der Waals surface area contributed by atoms with Crippen LogP contribution in [0.1, 0.15) is 21.3 Å². The van der Waals surface area contributed by atoms with Crippen molar-refractivity contribution in [2.75, 3.05) is 5.32 Å². The van der Waals surface area contributed by atoms with Crippen LogP contribution < -0.4 is 5.32 Å². The standard InChI is InChI=1S/C13H12N4OS/c1-7-14-10-4-3-9(5-11(10)15-7)17-13(18)12-6-19-8(2)16-12/h3-6H,1-2H3,(H,14,15)(H,17,18). The number of benzene rings is 1. The van der Waals surface area contributed by atoms with Crippen LogP contribution in [0, 0.1) is 13.8 Å². The fourth-order valence-corrected chi connectivity index (χ4v) is 2.47. The zero-order valence-electron chi connectivity index (χ0n) is 10.5. The van der Waals surface area contributed by atoms with Crippen LogP contribution in [-0.2, 0) is 0 Å². The molecule has 2 N–H and O–H groups in total. The monoisotopic (exact) mass is 272 g/mol. The number of anilines is 1. The lowest BCUT2D eigenvalue weighted by molar-refractivity contribution is 0.102. The van der Waals surface area contributed by atoms with Gasteiger partial charge >= 0.3 is 0 Å². The van der Waals surface area contributed by atoms with Gasteiger partial charge in [-0.3, -0.25) is 4.79 Å². The highest BCUT2D eigenvalue weighted by Crippen LogP contribution is 2.18. The Morgan fingerprint density at radius 1 is 1.32 bits per heavy atom. The van der Waals surface area contributed by atoms with Crippen molar-refractivity contribution in [1.29, 1.82) is 0 Å². The minimum absolute atomic E-state index is 0.195. The van der Waals surface area contributed by atoms with Crippen LogP contribution in [0.2, 0.25) is 0 Å². The van der Waals surface area contributed by atoms with Gasteiger partial charge in [0.1, 0.15) is 11.5 Å². The summed E-state index contributed by atoms with van der Waals surface area (Å²) in [5.41, 5.74) is 2.97. The number of carbonyl (C=O) groups is 1. The molecule has 0 saturated carbocycles. The molecule has 0 atom stereocenters. The van der Waals surface area contributed by atoms with Crippen molar-refractivity contribution in [2.45, 2.75) is 13.8 Å². The normalized spacial score (nSPS) is 10.8. The maximum absolute atomic E-state index is 12.0. The molecule has 3 aromatic rings. The Balaban J connectivity index is 1.86. The molecule has 0 radical (unpaired) electrons. The van der Waals surface area contributed by atoms with Crippen molar-refractivity contribution >= 4 is 34.0 Å². The Labute approximate surface area is 113 Å². The summed E-state index contributed by atoms with van der Waals surface area (Å²) in [5, 5.41) is 5.46. The lowest BCUT2D eigenvalue weighted by atomic mass is 10.2. The Hall–Kier alpha value is -2.21. The van der Waals surface area contributed by atoms with E-state index in [4.69, 9.17) is 0 Å². The van der Waals surface area contributed by atoms with E-state index >= 15 is 0 Å². The molecule has 2 aromatic heterocycles. The summed E-state index contributed by atoms with van der Waals surface area (Å²) >= 11 is 1.46. The van der Waals surface area contributed by atoms with E-state index in [9.17, 15) is 4.79 Å². The van der Waals surface area contributed by atoms with Gasteiger partial charge in [0.2, 0.25) is 0 Å². The first-order valence-electron chi connectivity index (χ1n) is 5.82. The van der Waals surface area contributed by atoms with Gasteiger partial charge in [-0.25, -0.2) is 9.97 Å². The van der Waals surface area contributed by atoms with Gasteiger partial charge in [0.15, 0.2) is 0 Å². The van der Waals surface area contributed by atoms with E-state index in [1.807, 2.05) is 32.0 Å². The first kappa shape index (κ1) is 11.9. The number of hydrogen-bond donors (Lipinski definition) is 2. The number of aromatic amines is 1. The number of nitrogens with zero attached hydrogens (tertiary/aromatic N) is 2. The molecular formula is C13H12N4OS. The highest BCUT2D eigenvalue weighted by molar-refractivity contribution is 7.09. The van der Waals surface area contributed by atoms with Crippen molar-refractivity contribution < 1.29 is 4.79 Å². The van der Waals surface area contributed by atoms with Crippen molar-refractivity contribution in [3.63, 3.8) is 0 Å². The second-order valence-electron chi connectivity index (χ2n) is 4.26. The summed E-state index contributed by atoms with van der Waals surface area (Å²) in [6, 6.07) is 5.58. The molecule has 5 nitrogen and oxygen atoms in total. The van der Waals surface area contributed by atoms with Gasteiger partial charge in [-0.05, 0) is 32.0 Å². The number of aromatic nitrogens is 3. The lowest BCUT2D eigenvalue weighted by Crippen LogP contribution is -2.12. The Bertz CT molecular complexity index is 759. The molecule has 1 amide bonds. The maximum atomic E-state index is 12.0. The molecule has 0 fully saturated rings. The van der Waals surface area contributed by atoms with E-state index in [1.54, 1.807) is 5.38 Å². The minimum Gasteiger partial charge on any atom is -0.342 e. The first-order chi connectivity index (χ1) is 9.11. The van der Waals surface area contributed by atoms with Gasteiger partial charge < -0.3 is 10.3 Å².